The molecule has 0 aliphatic carbocycles. The molecule has 0 aliphatic heterocycles. The van der Waals surface area contributed by atoms with E-state index in [1.165, 1.54) is 0 Å². The zero-order valence-electron chi connectivity index (χ0n) is 9.38. The zero-order valence-corrected chi connectivity index (χ0v) is 11.2. The summed E-state index contributed by atoms with van der Waals surface area (Å²) >= 11 is 5.03. The Hall–Kier alpha value is -0.996. The van der Waals surface area contributed by atoms with Crippen LogP contribution in [-0.2, 0) is 16.5 Å². The van der Waals surface area contributed by atoms with Crippen LogP contribution in [0.5, 0.6) is 0 Å². The summed E-state index contributed by atoms with van der Waals surface area (Å²) in [5.41, 5.74) is 4.43. The molecular formula is C10H14N4NiS+2. The summed E-state index contributed by atoms with van der Waals surface area (Å²) in [7, 11) is 3.72. The van der Waals surface area contributed by atoms with E-state index in [1.54, 1.807) is 11.1 Å². The van der Waals surface area contributed by atoms with Crippen molar-refractivity contribution < 1.29 is 16.5 Å². The van der Waals surface area contributed by atoms with Crippen LogP contribution in [0.15, 0.2) is 29.5 Å². The first kappa shape index (κ1) is 15.0. The van der Waals surface area contributed by atoms with Crippen LogP contribution in [0.3, 0.4) is 0 Å². The number of hydrogen-bond acceptors (Lipinski definition) is 3. The van der Waals surface area contributed by atoms with Gasteiger partial charge in [-0.3, -0.25) is 10.4 Å². The Morgan fingerprint density at radius 2 is 2.12 bits per heavy atom. The third kappa shape index (κ3) is 4.68. The molecule has 1 N–H and O–H groups in total. The van der Waals surface area contributed by atoms with Crippen molar-refractivity contribution >= 4 is 23.0 Å². The maximum absolute atomic E-state index is 5.03. The van der Waals surface area contributed by atoms with E-state index in [-0.39, 0.29) is 16.5 Å². The van der Waals surface area contributed by atoms with Gasteiger partial charge in [0.05, 0.1) is 11.4 Å². The summed E-state index contributed by atoms with van der Waals surface area (Å²) in [6.07, 6.45) is 1.73. The Bertz CT molecular complexity index is 364. The van der Waals surface area contributed by atoms with Gasteiger partial charge >= 0.3 is 16.5 Å². The monoisotopic (exact) mass is 280 g/mol. The summed E-state index contributed by atoms with van der Waals surface area (Å²) < 4.78 is 0. The molecule has 0 saturated carbocycles. The molecule has 0 aliphatic rings. The molecule has 0 fully saturated rings. The van der Waals surface area contributed by atoms with Gasteiger partial charge in [-0.15, -0.1) is 0 Å². The maximum atomic E-state index is 5.03. The van der Waals surface area contributed by atoms with Crippen LogP contribution < -0.4 is 5.43 Å². The number of aromatic nitrogens is 1. The second-order valence-electron chi connectivity index (χ2n) is 3.22. The molecule has 1 heterocycles. The van der Waals surface area contributed by atoms with Crippen LogP contribution in [0.2, 0.25) is 0 Å². The standard InChI is InChI=1S/C10H14N4S.Ni/c1-8(9-6-4-5-7-11-9)12-13-10(15)14(2)3;/h4-7H,1-3H3,(H,13,15);/q;+2. The number of nitrogens with zero attached hydrogens (tertiary/aromatic N) is 3. The number of rotatable bonds is 2. The van der Waals surface area contributed by atoms with Crippen LogP contribution in [0.25, 0.3) is 0 Å². The predicted molar refractivity (Wildman–Crippen MR) is 65.9 cm³/mol. The fourth-order valence-electron chi connectivity index (χ4n) is 0.866. The van der Waals surface area contributed by atoms with Crippen LogP contribution in [0.1, 0.15) is 12.6 Å². The van der Waals surface area contributed by atoms with Crippen LogP contribution in [0, 0.1) is 0 Å². The molecule has 0 radical (unpaired) electrons. The molecule has 1 aromatic heterocycles. The van der Waals surface area contributed by atoms with E-state index in [4.69, 9.17) is 12.2 Å². The summed E-state index contributed by atoms with van der Waals surface area (Å²) in [6.45, 7) is 1.88. The Balaban J connectivity index is 0.00000225. The van der Waals surface area contributed by atoms with Gasteiger partial charge in [-0.25, -0.2) is 0 Å². The van der Waals surface area contributed by atoms with Crippen molar-refractivity contribution in [2.24, 2.45) is 5.10 Å². The van der Waals surface area contributed by atoms with E-state index in [1.807, 2.05) is 39.2 Å². The average Bonchev–Trinajstić information content (AvgIpc) is 2.26. The SMILES string of the molecule is CC(=NNC(=S)N(C)C)c1ccccn1.[Ni+2]. The summed E-state index contributed by atoms with van der Waals surface area (Å²) in [4.78, 5) is 5.96. The number of nitrogens with one attached hydrogen (secondary N) is 1. The first-order chi connectivity index (χ1) is 7.11. The topological polar surface area (TPSA) is 40.5 Å². The fourth-order valence-corrected chi connectivity index (χ4v) is 0.911. The normalized spacial score (nSPS) is 10.3. The van der Waals surface area contributed by atoms with Gasteiger partial charge in [-0.05, 0) is 31.3 Å². The van der Waals surface area contributed by atoms with Crippen LogP contribution in [0.4, 0.5) is 0 Å². The number of hydrogen-bond donors (Lipinski definition) is 1. The van der Waals surface area contributed by atoms with Gasteiger partial charge in [0.2, 0.25) is 0 Å². The minimum absolute atomic E-state index is 0. The van der Waals surface area contributed by atoms with E-state index in [9.17, 15) is 0 Å². The molecule has 1 rings (SSSR count). The van der Waals surface area contributed by atoms with Crippen molar-refractivity contribution in [1.82, 2.24) is 15.3 Å². The van der Waals surface area contributed by atoms with E-state index in [0.29, 0.717) is 5.11 Å². The van der Waals surface area contributed by atoms with Gasteiger partial charge < -0.3 is 4.90 Å². The first-order valence-corrected chi connectivity index (χ1v) is 4.95. The largest absolute Gasteiger partial charge is 2.00 e. The molecule has 6 heteroatoms. The number of pyridine rings is 1. The molecule has 0 spiro atoms. The van der Waals surface area contributed by atoms with E-state index in [2.05, 4.69) is 15.5 Å². The Morgan fingerprint density at radius 3 is 2.62 bits per heavy atom. The molecule has 0 bridgehead atoms. The smallest absolute Gasteiger partial charge is 0.354 e. The van der Waals surface area contributed by atoms with Crippen molar-refractivity contribution in [3.8, 4) is 0 Å². The third-order valence-electron chi connectivity index (χ3n) is 1.76. The molecule has 0 saturated heterocycles. The molecule has 16 heavy (non-hydrogen) atoms. The maximum Gasteiger partial charge on any atom is 2.00 e. The quantitative estimate of drug-likeness (QED) is 0.383. The van der Waals surface area contributed by atoms with Gasteiger partial charge in [-0.2, -0.15) is 5.10 Å². The Kier molecular flexibility index (Phi) is 6.85. The van der Waals surface area contributed by atoms with Gasteiger partial charge in [0, 0.05) is 20.3 Å². The second kappa shape index (κ2) is 7.31. The minimum atomic E-state index is 0. The van der Waals surface area contributed by atoms with Crippen molar-refractivity contribution in [2.75, 3.05) is 14.1 Å². The van der Waals surface area contributed by atoms with Crippen LogP contribution >= 0.6 is 12.2 Å². The predicted octanol–water partition coefficient (Wildman–Crippen LogP) is 1.24. The van der Waals surface area contributed by atoms with Crippen molar-refractivity contribution in [3.63, 3.8) is 0 Å². The zero-order chi connectivity index (χ0) is 11.3. The number of hydrazone groups is 1. The van der Waals surface area contributed by atoms with Crippen molar-refractivity contribution in [3.05, 3.63) is 30.1 Å². The molecule has 0 aromatic carbocycles. The van der Waals surface area contributed by atoms with Crippen LogP contribution in [-0.4, -0.2) is 34.8 Å². The van der Waals surface area contributed by atoms with Crippen molar-refractivity contribution in [2.45, 2.75) is 6.92 Å². The Labute approximate surface area is 111 Å². The molecule has 1 aromatic rings. The van der Waals surface area contributed by atoms with Gasteiger partial charge in [-0.1, -0.05) is 6.07 Å². The molecular weight excluding hydrogens is 267 g/mol. The first-order valence-electron chi connectivity index (χ1n) is 4.54. The van der Waals surface area contributed by atoms with E-state index in [0.717, 1.165) is 11.4 Å². The molecule has 0 amide bonds. The summed E-state index contributed by atoms with van der Waals surface area (Å²) in [5, 5.41) is 4.71. The summed E-state index contributed by atoms with van der Waals surface area (Å²) in [5.74, 6) is 0. The fraction of sp³-hybridized carbons (Fsp3) is 0.300. The molecule has 0 atom stereocenters. The van der Waals surface area contributed by atoms with Gasteiger partial charge in [0.1, 0.15) is 0 Å². The van der Waals surface area contributed by atoms with Gasteiger partial charge in [0.15, 0.2) is 5.11 Å². The van der Waals surface area contributed by atoms with Crippen molar-refractivity contribution in [1.29, 1.82) is 0 Å². The second-order valence-corrected chi connectivity index (χ2v) is 3.61. The van der Waals surface area contributed by atoms with E-state index < -0.39 is 0 Å². The molecule has 0 unspecified atom stereocenters. The van der Waals surface area contributed by atoms with Gasteiger partial charge in [0.25, 0.3) is 0 Å². The number of thiocarbonyl (C=S) groups is 1. The summed E-state index contributed by atoms with van der Waals surface area (Å²) in [6, 6.07) is 5.69. The average molecular weight is 281 g/mol. The third-order valence-corrected chi connectivity index (χ3v) is 2.22. The molecule has 88 valence electrons. The minimum Gasteiger partial charge on any atom is -0.354 e. The Morgan fingerprint density at radius 1 is 1.44 bits per heavy atom. The molecule has 4 nitrogen and oxygen atoms in total. The van der Waals surface area contributed by atoms with E-state index >= 15 is 0 Å².